The number of ether oxygens (including phenoxy) is 3. The summed E-state index contributed by atoms with van der Waals surface area (Å²) in [6.45, 7) is 2.20. The lowest BCUT2D eigenvalue weighted by Crippen LogP contribution is -2.17. The molecular weight excluding hydrogens is 432 g/mol. The molecule has 0 unspecified atom stereocenters. The maximum Gasteiger partial charge on any atom is 0.343 e. The Morgan fingerprint density at radius 3 is 2.31 bits per heavy atom. The highest BCUT2D eigenvalue weighted by Gasteiger charge is 2.13. The van der Waals surface area contributed by atoms with Gasteiger partial charge in [-0.1, -0.05) is 11.6 Å². The van der Waals surface area contributed by atoms with Crippen LogP contribution in [0.1, 0.15) is 33.2 Å². The van der Waals surface area contributed by atoms with Crippen LogP contribution >= 0.6 is 11.6 Å². The molecule has 32 heavy (non-hydrogen) atoms. The first kappa shape index (κ1) is 22.8. The van der Waals surface area contributed by atoms with E-state index in [-0.39, 0.29) is 11.7 Å². The third-order valence-corrected chi connectivity index (χ3v) is 4.53. The van der Waals surface area contributed by atoms with E-state index in [0.29, 0.717) is 39.8 Å². The summed E-state index contributed by atoms with van der Waals surface area (Å²) in [5, 5.41) is 4.51. The minimum absolute atomic E-state index is 0.273. The number of benzene rings is 3. The molecule has 1 amide bonds. The molecule has 7 nitrogen and oxygen atoms in total. The number of halogens is 1. The van der Waals surface area contributed by atoms with Crippen molar-refractivity contribution >= 4 is 29.7 Å². The summed E-state index contributed by atoms with van der Waals surface area (Å²) in [6.07, 6.45) is 1.46. The molecule has 0 atom stereocenters. The van der Waals surface area contributed by atoms with Gasteiger partial charge in [0.15, 0.2) is 11.5 Å². The van der Waals surface area contributed by atoms with Crippen molar-refractivity contribution in [3.63, 3.8) is 0 Å². The van der Waals surface area contributed by atoms with Gasteiger partial charge in [0.25, 0.3) is 5.91 Å². The molecule has 0 aliphatic heterocycles. The second kappa shape index (κ2) is 11.0. The Morgan fingerprint density at radius 1 is 0.969 bits per heavy atom. The number of carbonyl (C=O) groups excluding carboxylic acids is 2. The summed E-state index contributed by atoms with van der Waals surface area (Å²) in [4.78, 5) is 24.6. The molecule has 164 valence electrons. The molecule has 0 fully saturated rings. The Morgan fingerprint density at radius 2 is 1.66 bits per heavy atom. The summed E-state index contributed by atoms with van der Waals surface area (Å²) in [5.74, 6) is 0.402. The Labute approximate surface area is 190 Å². The summed E-state index contributed by atoms with van der Waals surface area (Å²) in [6, 6.07) is 18.0. The van der Waals surface area contributed by atoms with Gasteiger partial charge in [0.2, 0.25) is 0 Å². The number of esters is 1. The Balaban J connectivity index is 1.69. The Kier molecular flexibility index (Phi) is 7.83. The molecule has 0 aromatic heterocycles. The van der Waals surface area contributed by atoms with Crippen LogP contribution < -0.4 is 19.6 Å². The standard InChI is InChI=1S/C24H21ClN2O5/c1-3-31-22-14-16(15-26-27-23(28)17-5-9-19(25)10-6-17)4-13-21(22)32-24(29)18-7-11-20(30-2)12-8-18/h4-15H,3H2,1-2H3,(H,27,28)/b26-15+. The van der Waals surface area contributed by atoms with E-state index >= 15 is 0 Å². The average molecular weight is 453 g/mol. The molecular formula is C24H21ClN2O5. The third kappa shape index (κ3) is 6.09. The number of methoxy groups -OCH3 is 1. The van der Waals surface area contributed by atoms with Crippen LogP contribution in [0.4, 0.5) is 0 Å². The van der Waals surface area contributed by atoms with Gasteiger partial charge in [-0.15, -0.1) is 0 Å². The van der Waals surface area contributed by atoms with Gasteiger partial charge in [0, 0.05) is 10.6 Å². The van der Waals surface area contributed by atoms with Crippen molar-refractivity contribution < 1.29 is 23.8 Å². The summed E-state index contributed by atoms with van der Waals surface area (Å²) in [5.41, 5.74) is 3.91. The molecule has 0 spiro atoms. The van der Waals surface area contributed by atoms with E-state index in [4.69, 9.17) is 25.8 Å². The van der Waals surface area contributed by atoms with Crippen LogP contribution in [0.25, 0.3) is 0 Å². The highest BCUT2D eigenvalue weighted by molar-refractivity contribution is 6.30. The smallest absolute Gasteiger partial charge is 0.343 e. The number of hydrogen-bond acceptors (Lipinski definition) is 6. The minimum atomic E-state index is -0.523. The fourth-order valence-electron chi connectivity index (χ4n) is 2.67. The van der Waals surface area contributed by atoms with E-state index in [1.807, 2.05) is 6.92 Å². The first-order chi connectivity index (χ1) is 15.5. The first-order valence-corrected chi connectivity index (χ1v) is 10.1. The fraction of sp³-hybridized carbons (Fsp3) is 0.125. The van der Waals surface area contributed by atoms with E-state index in [9.17, 15) is 9.59 Å². The fourth-order valence-corrected chi connectivity index (χ4v) is 2.80. The minimum Gasteiger partial charge on any atom is -0.497 e. The normalized spacial score (nSPS) is 10.6. The maximum absolute atomic E-state index is 12.5. The topological polar surface area (TPSA) is 86.2 Å². The second-order valence-electron chi connectivity index (χ2n) is 6.46. The molecule has 1 N–H and O–H groups in total. The van der Waals surface area contributed by atoms with Crippen molar-refractivity contribution in [2.24, 2.45) is 5.10 Å². The van der Waals surface area contributed by atoms with Gasteiger partial charge >= 0.3 is 5.97 Å². The Hall–Kier alpha value is -3.84. The van der Waals surface area contributed by atoms with Crippen molar-refractivity contribution in [3.05, 3.63) is 88.4 Å². The molecule has 0 saturated carbocycles. The van der Waals surface area contributed by atoms with Gasteiger partial charge in [-0.2, -0.15) is 5.10 Å². The van der Waals surface area contributed by atoms with Crippen molar-refractivity contribution in [1.29, 1.82) is 0 Å². The first-order valence-electron chi connectivity index (χ1n) is 9.72. The van der Waals surface area contributed by atoms with Gasteiger partial charge in [-0.05, 0) is 79.2 Å². The molecule has 0 aliphatic carbocycles. The number of rotatable bonds is 8. The third-order valence-electron chi connectivity index (χ3n) is 4.28. The highest BCUT2D eigenvalue weighted by atomic mass is 35.5. The molecule has 3 aromatic rings. The van der Waals surface area contributed by atoms with Gasteiger partial charge in [-0.3, -0.25) is 4.79 Å². The van der Waals surface area contributed by atoms with E-state index in [0.717, 1.165) is 0 Å². The van der Waals surface area contributed by atoms with Crippen LogP contribution in [0, 0.1) is 0 Å². The number of amides is 1. The molecule has 3 rings (SSSR count). The predicted octanol–water partition coefficient (Wildman–Crippen LogP) is 4.73. The zero-order valence-corrected chi connectivity index (χ0v) is 18.3. The van der Waals surface area contributed by atoms with Crippen LogP contribution in [0.5, 0.6) is 17.2 Å². The molecule has 0 radical (unpaired) electrons. The maximum atomic E-state index is 12.5. The van der Waals surface area contributed by atoms with Crippen molar-refractivity contribution in [1.82, 2.24) is 5.43 Å². The number of nitrogens with one attached hydrogen (secondary N) is 1. The monoisotopic (exact) mass is 452 g/mol. The lowest BCUT2D eigenvalue weighted by molar-refractivity contribution is 0.0728. The van der Waals surface area contributed by atoms with Crippen molar-refractivity contribution in [3.8, 4) is 17.2 Å². The average Bonchev–Trinajstić information content (AvgIpc) is 2.81. The lowest BCUT2D eigenvalue weighted by atomic mass is 10.2. The molecule has 0 heterocycles. The zero-order valence-electron chi connectivity index (χ0n) is 17.5. The van der Waals surface area contributed by atoms with E-state index < -0.39 is 5.97 Å². The van der Waals surface area contributed by atoms with E-state index in [1.165, 1.54) is 6.21 Å². The van der Waals surface area contributed by atoms with Crippen molar-refractivity contribution in [2.45, 2.75) is 6.92 Å². The predicted molar refractivity (Wildman–Crippen MR) is 122 cm³/mol. The van der Waals surface area contributed by atoms with Gasteiger partial charge in [0.1, 0.15) is 5.75 Å². The molecule has 3 aromatic carbocycles. The molecule has 0 aliphatic rings. The number of carbonyl (C=O) groups is 2. The van der Waals surface area contributed by atoms with Crippen LogP contribution in [-0.4, -0.2) is 31.8 Å². The number of hydrazone groups is 1. The lowest BCUT2D eigenvalue weighted by Gasteiger charge is -2.11. The van der Waals surface area contributed by atoms with Crippen molar-refractivity contribution in [2.75, 3.05) is 13.7 Å². The quantitative estimate of drug-likeness (QED) is 0.231. The van der Waals surface area contributed by atoms with E-state index in [1.54, 1.807) is 73.8 Å². The van der Waals surface area contributed by atoms with Crippen LogP contribution in [-0.2, 0) is 0 Å². The molecule has 0 bridgehead atoms. The summed E-state index contributed by atoms with van der Waals surface area (Å²) in [7, 11) is 1.55. The van der Waals surface area contributed by atoms with Gasteiger partial charge in [-0.25, -0.2) is 10.2 Å². The highest BCUT2D eigenvalue weighted by Crippen LogP contribution is 2.29. The van der Waals surface area contributed by atoms with Crippen LogP contribution in [0.2, 0.25) is 5.02 Å². The molecule has 0 saturated heterocycles. The zero-order chi connectivity index (χ0) is 22.9. The SMILES string of the molecule is CCOc1cc(/C=N/NC(=O)c2ccc(Cl)cc2)ccc1OC(=O)c1ccc(OC)cc1. The largest absolute Gasteiger partial charge is 0.497 e. The molecule has 8 heteroatoms. The van der Waals surface area contributed by atoms with Crippen LogP contribution in [0.3, 0.4) is 0 Å². The Bertz CT molecular complexity index is 1110. The second-order valence-corrected chi connectivity index (χ2v) is 6.90. The summed E-state index contributed by atoms with van der Waals surface area (Å²) < 4.78 is 16.2. The van der Waals surface area contributed by atoms with Gasteiger partial charge in [0.05, 0.1) is 25.5 Å². The number of hydrogen-bond donors (Lipinski definition) is 1. The summed E-state index contributed by atoms with van der Waals surface area (Å²) >= 11 is 5.82. The van der Waals surface area contributed by atoms with Gasteiger partial charge < -0.3 is 14.2 Å². The number of nitrogens with zero attached hydrogens (tertiary/aromatic N) is 1. The van der Waals surface area contributed by atoms with Crippen LogP contribution in [0.15, 0.2) is 71.8 Å². The van der Waals surface area contributed by atoms with E-state index in [2.05, 4.69) is 10.5 Å².